The number of hydrogen-bond acceptors (Lipinski definition) is 3. The van der Waals surface area contributed by atoms with Crippen molar-refractivity contribution in [1.82, 2.24) is 4.98 Å². The number of hydrogen-bond donors (Lipinski definition) is 1. The van der Waals surface area contributed by atoms with Crippen molar-refractivity contribution in [1.29, 1.82) is 0 Å². The summed E-state index contributed by atoms with van der Waals surface area (Å²) in [4.78, 5) is 4.11. The maximum Gasteiger partial charge on any atom is 0.237 e. The van der Waals surface area contributed by atoms with E-state index in [0.717, 1.165) is 11.3 Å². The number of nitrogens with zero attached hydrogens (tertiary/aromatic N) is 1. The third kappa shape index (κ3) is 3.06. The minimum absolute atomic E-state index is 0.552. The fourth-order valence-corrected chi connectivity index (χ4v) is 1.94. The van der Waals surface area contributed by atoms with E-state index in [1.165, 1.54) is 0 Å². The lowest BCUT2D eigenvalue weighted by Crippen LogP contribution is -2.02. The number of rotatable bonds is 4. The summed E-state index contributed by atoms with van der Waals surface area (Å²) in [6, 6.07) is 9.11. The highest BCUT2D eigenvalue weighted by Crippen LogP contribution is 2.24. The topological polar surface area (TPSA) is 34.1 Å². The van der Waals surface area contributed by atoms with Crippen LogP contribution in [0.2, 0.25) is 10.0 Å². The Labute approximate surface area is 116 Å². The van der Waals surface area contributed by atoms with Gasteiger partial charge in [0, 0.05) is 22.8 Å². The molecule has 3 nitrogen and oxygen atoms in total. The van der Waals surface area contributed by atoms with Crippen LogP contribution >= 0.6 is 23.2 Å². The third-order valence-electron chi connectivity index (χ3n) is 2.44. The van der Waals surface area contributed by atoms with Crippen molar-refractivity contribution in [2.75, 3.05) is 12.4 Å². The molecule has 0 bridgehead atoms. The van der Waals surface area contributed by atoms with Crippen molar-refractivity contribution < 1.29 is 4.74 Å². The first-order chi connectivity index (χ1) is 8.70. The van der Waals surface area contributed by atoms with Crippen LogP contribution in [0.25, 0.3) is 0 Å². The van der Waals surface area contributed by atoms with E-state index in [1.54, 1.807) is 25.4 Å². The van der Waals surface area contributed by atoms with Crippen molar-refractivity contribution in [3.63, 3.8) is 0 Å². The maximum absolute atomic E-state index is 6.09. The first-order valence-corrected chi connectivity index (χ1v) is 6.13. The Morgan fingerprint density at radius 3 is 2.89 bits per heavy atom. The van der Waals surface area contributed by atoms with E-state index in [9.17, 15) is 0 Å². The van der Waals surface area contributed by atoms with Gasteiger partial charge in [-0.05, 0) is 35.9 Å². The van der Waals surface area contributed by atoms with Crippen LogP contribution in [0.5, 0.6) is 5.88 Å². The molecule has 0 aliphatic rings. The van der Waals surface area contributed by atoms with E-state index < -0.39 is 0 Å². The second-order valence-corrected chi connectivity index (χ2v) is 4.49. The molecule has 0 fully saturated rings. The molecule has 1 N–H and O–H groups in total. The Morgan fingerprint density at radius 1 is 1.28 bits per heavy atom. The van der Waals surface area contributed by atoms with Crippen LogP contribution in [0, 0.1) is 0 Å². The highest BCUT2D eigenvalue weighted by Gasteiger charge is 2.05. The number of benzene rings is 1. The number of anilines is 1. The van der Waals surface area contributed by atoms with Gasteiger partial charge in [0.15, 0.2) is 0 Å². The molecule has 0 atom stereocenters. The molecule has 1 aromatic carbocycles. The summed E-state index contributed by atoms with van der Waals surface area (Å²) >= 11 is 12.0. The molecule has 1 heterocycles. The first-order valence-electron chi connectivity index (χ1n) is 5.37. The quantitative estimate of drug-likeness (QED) is 0.920. The van der Waals surface area contributed by atoms with Gasteiger partial charge in [-0.25, -0.2) is 4.98 Å². The van der Waals surface area contributed by atoms with Crippen LogP contribution in [-0.2, 0) is 6.54 Å². The Kier molecular flexibility index (Phi) is 4.28. The fourth-order valence-electron chi connectivity index (χ4n) is 1.56. The molecule has 0 amide bonds. The summed E-state index contributed by atoms with van der Waals surface area (Å²) in [7, 11) is 1.58. The van der Waals surface area contributed by atoms with Gasteiger partial charge in [0.1, 0.15) is 0 Å². The summed E-state index contributed by atoms with van der Waals surface area (Å²) in [5.41, 5.74) is 1.74. The molecule has 0 aliphatic heterocycles. The smallest absolute Gasteiger partial charge is 0.237 e. The number of nitrogens with one attached hydrogen (secondary N) is 1. The van der Waals surface area contributed by atoms with E-state index in [4.69, 9.17) is 27.9 Å². The van der Waals surface area contributed by atoms with Gasteiger partial charge in [0.05, 0.1) is 12.8 Å². The molecule has 2 aromatic rings. The molecule has 0 saturated carbocycles. The van der Waals surface area contributed by atoms with E-state index in [2.05, 4.69) is 10.3 Å². The van der Waals surface area contributed by atoms with Crippen molar-refractivity contribution in [2.24, 2.45) is 0 Å². The summed E-state index contributed by atoms with van der Waals surface area (Å²) < 4.78 is 5.16. The van der Waals surface area contributed by atoms with Gasteiger partial charge in [-0.3, -0.25) is 0 Å². The fraction of sp³-hybridized carbons (Fsp3) is 0.154. The van der Waals surface area contributed by atoms with Crippen LogP contribution in [-0.4, -0.2) is 12.1 Å². The van der Waals surface area contributed by atoms with Gasteiger partial charge in [-0.2, -0.15) is 0 Å². The van der Waals surface area contributed by atoms with E-state index >= 15 is 0 Å². The number of methoxy groups -OCH3 is 1. The molecular formula is C13H12Cl2N2O. The normalized spacial score (nSPS) is 10.2. The van der Waals surface area contributed by atoms with Crippen LogP contribution in [0.4, 0.5) is 5.69 Å². The molecular weight excluding hydrogens is 271 g/mol. The Hall–Kier alpha value is -1.45. The minimum Gasteiger partial charge on any atom is -0.480 e. The summed E-state index contributed by atoms with van der Waals surface area (Å²) in [6.45, 7) is 0.557. The molecule has 0 unspecified atom stereocenters. The zero-order valence-corrected chi connectivity index (χ0v) is 11.3. The summed E-state index contributed by atoms with van der Waals surface area (Å²) in [6.07, 6.45) is 1.68. The van der Waals surface area contributed by atoms with Gasteiger partial charge < -0.3 is 10.1 Å². The predicted molar refractivity (Wildman–Crippen MR) is 74.6 cm³/mol. The van der Waals surface area contributed by atoms with E-state index in [1.807, 2.05) is 18.2 Å². The first kappa shape index (κ1) is 13.0. The molecule has 94 valence electrons. The van der Waals surface area contributed by atoms with E-state index in [-0.39, 0.29) is 0 Å². The highest BCUT2D eigenvalue weighted by molar-refractivity contribution is 6.33. The molecule has 0 saturated heterocycles. The van der Waals surface area contributed by atoms with Gasteiger partial charge >= 0.3 is 0 Å². The lowest BCUT2D eigenvalue weighted by atomic mass is 10.2. The van der Waals surface area contributed by atoms with Crippen molar-refractivity contribution >= 4 is 28.9 Å². The van der Waals surface area contributed by atoms with Gasteiger partial charge in [-0.15, -0.1) is 0 Å². The Bertz CT molecular complexity index is 546. The third-order valence-corrected chi connectivity index (χ3v) is 3.05. The summed E-state index contributed by atoms with van der Waals surface area (Å²) in [5, 5.41) is 4.56. The molecule has 1 aromatic heterocycles. The molecule has 18 heavy (non-hydrogen) atoms. The van der Waals surface area contributed by atoms with Crippen molar-refractivity contribution in [2.45, 2.75) is 6.54 Å². The number of ether oxygens (including phenoxy) is 1. The monoisotopic (exact) mass is 282 g/mol. The van der Waals surface area contributed by atoms with Crippen LogP contribution in [0.3, 0.4) is 0 Å². The van der Waals surface area contributed by atoms with Gasteiger partial charge in [0.2, 0.25) is 5.88 Å². The maximum atomic E-state index is 6.09. The molecule has 2 rings (SSSR count). The SMILES string of the molecule is COc1ncccc1NCc1cc(Cl)ccc1Cl. The minimum atomic E-state index is 0.552. The molecule has 0 spiro atoms. The zero-order valence-electron chi connectivity index (χ0n) is 9.78. The number of aromatic nitrogens is 1. The highest BCUT2D eigenvalue weighted by atomic mass is 35.5. The predicted octanol–water partition coefficient (Wildman–Crippen LogP) is 4.01. The van der Waals surface area contributed by atoms with Gasteiger partial charge in [-0.1, -0.05) is 23.2 Å². The van der Waals surface area contributed by atoms with Gasteiger partial charge in [0.25, 0.3) is 0 Å². The number of halogens is 2. The van der Waals surface area contributed by atoms with Crippen molar-refractivity contribution in [3.8, 4) is 5.88 Å². The number of pyridine rings is 1. The van der Waals surface area contributed by atoms with Crippen molar-refractivity contribution in [3.05, 3.63) is 52.1 Å². The van der Waals surface area contributed by atoms with Crippen LogP contribution in [0.15, 0.2) is 36.5 Å². The second kappa shape index (κ2) is 5.94. The van der Waals surface area contributed by atoms with E-state index in [0.29, 0.717) is 22.5 Å². The van der Waals surface area contributed by atoms with Crippen LogP contribution < -0.4 is 10.1 Å². The molecule has 5 heteroatoms. The standard InChI is InChI=1S/C13H12Cl2N2O/c1-18-13-12(3-2-6-16-13)17-8-9-7-10(14)4-5-11(9)15/h2-7,17H,8H2,1H3. The molecule has 0 aliphatic carbocycles. The Morgan fingerprint density at radius 2 is 2.11 bits per heavy atom. The average Bonchev–Trinajstić information content (AvgIpc) is 2.40. The average molecular weight is 283 g/mol. The zero-order chi connectivity index (χ0) is 13.0. The molecule has 0 radical (unpaired) electrons. The lowest BCUT2D eigenvalue weighted by Gasteiger charge is -2.11. The second-order valence-electron chi connectivity index (χ2n) is 3.65. The van der Waals surface area contributed by atoms with Crippen LogP contribution in [0.1, 0.15) is 5.56 Å². The summed E-state index contributed by atoms with van der Waals surface area (Å²) in [5.74, 6) is 0.552. The lowest BCUT2D eigenvalue weighted by molar-refractivity contribution is 0.399. The Balaban J connectivity index is 2.14. The largest absolute Gasteiger partial charge is 0.480 e.